The van der Waals surface area contributed by atoms with Crippen LogP contribution in [0.2, 0.25) is 0 Å². The molecule has 0 aliphatic carbocycles. The number of carbonyl (C=O) groups excluding carboxylic acids is 1. The standard InChI is InChI=1S/C8H15NO2/c1-8(2,3)7(10)6-4-11-5-9-6/h6,9H,4-5H2,1-3H3. The van der Waals surface area contributed by atoms with Gasteiger partial charge in [0.15, 0.2) is 5.78 Å². The van der Waals surface area contributed by atoms with Crippen LogP contribution in [0.1, 0.15) is 20.8 Å². The summed E-state index contributed by atoms with van der Waals surface area (Å²) in [6.45, 7) is 6.81. The van der Waals surface area contributed by atoms with Crippen LogP contribution in [0.25, 0.3) is 0 Å². The molecule has 1 aliphatic heterocycles. The summed E-state index contributed by atoms with van der Waals surface area (Å²) in [7, 11) is 0. The summed E-state index contributed by atoms with van der Waals surface area (Å²) >= 11 is 0. The van der Waals surface area contributed by atoms with Gasteiger partial charge in [-0.2, -0.15) is 0 Å². The van der Waals surface area contributed by atoms with Crippen molar-refractivity contribution in [3.8, 4) is 0 Å². The molecule has 3 nitrogen and oxygen atoms in total. The third kappa shape index (κ3) is 2.01. The van der Waals surface area contributed by atoms with Gasteiger partial charge in [0.25, 0.3) is 0 Å². The van der Waals surface area contributed by atoms with Crippen LogP contribution in [0, 0.1) is 5.41 Å². The van der Waals surface area contributed by atoms with E-state index in [0.29, 0.717) is 13.3 Å². The highest BCUT2D eigenvalue weighted by Gasteiger charge is 2.31. The van der Waals surface area contributed by atoms with Crippen LogP contribution in [0.15, 0.2) is 0 Å². The molecule has 3 heteroatoms. The smallest absolute Gasteiger partial charge is 0.157 e. The molecule has 0 spiro atoms. The number of ether oxygens (including phenoxy) is 1. The van der Waals surface area contributed by atoms with Gasteiger partial charge in [0.2, 0.25) is 0 Å². The lowest BCUT2D eigenvalue weighted by molar-refractivity contribution is -0.128. The molecule has 1 aliphatic rings. The first-order chi connectivity index (χ1) is 5.02. The Hall–Kier alpha value is -0.410. The third-order valence-corrected chi connectivity index (χ3v) is 1.77. The van der Waals surface area contributed by atoms with E-state index in [1.807, 2.05) is 20.8 Å². The van der Waals surface area contributed by atoms with Gasteiger partial charge in [-0.15, -0.1) is 0 Å². The summed E-state index contributed by atoms with van der Waals surface area (Å²) in [6, 6.07) is -0.0880. The van der Waals surface area contributed by atoms with Crippen LogP contribution < -0.4 is 5.32 Å². The maximum atomic E-state index is 11.5. The monoisotopic (exact) mass is 157 g/mol. The van der Waals surface area contributed by atoms with Crippen LogP contribution >= 0.6 is 0 Å². The van der Waals surface area contributed by atoms with E-state index in [1.54, 1.807) is 0 Å². The van der Waals surface area contributed by atoms with Gasteiger partial charge in [-0.05, 0) is 0 Å². The Morgan fingerprint density at radius 2 is 2.18 bits per heavy atom. The lowest BCUT2D eigenvalue weighted by Crippen LogP contribution is -2.40. The van der Waals surface area contributed by atoms with Gasteiger partial charge in [0.1, 0.15) is 0 Å². The second kappa shape index (κ2) is 2.91. The molecule has 1 unspecified atom stereocenters. The predicted octanol–water partition coefficient (Wildman–Crippen LogP) is 0.547. The number of hydrogen-bond acceptors (Lipinski definition) is 3. The molecule has 0 amide bonds. The van der Waals surface area contributed by atoms with Gasteiger partial charge in [-0.1, -0.05) is 20.8 Å². The molecule has 0 radical (unpaired) electrons. The van der Waals surface area contributed by atoms with Crippen molar-refractivity contribution in [2.45, 2.75) is 26.8 Å². The Balaban J connectivity index is 2.53. The summed E-state index contributed by atoms with van der Waals surface area (Å²) in [5.74, 6) is 0.231. The molecule has 0 aromatic heterocycles. The minimum atomic E-state index is -0.259. The van der Waals surface area contributed by atoms with Crippen molar-refractivity contribution in [1.82, 2.24) is 5.32 Å². The fraction of sp³-hybridized carbons (Fsp3) is 0.875. The molecule has 1 heterocycles. The largest absolute Gasteiger partial charge is 0.364 e. The molecule has 1 atom stereocenters. The highest BCUT2D eigenvalue weighted by Crippen LogP contribution is 2.18. The van der Waals surface area contributed by atoms with E-state index in [0.717, 1.165) is 0 Å². The molecule has 1 rings (SSSR count). The van der Waals surface area contributed by atoms with Crippen LogP contribution in [-0.2, 0) is 9.53 Å². The summed E-state index contributed by atoms with van der Waals surface area (Å²) in [4.78, 5) is 11.5. The number of hydrogen-bond donors (Lipinski definition) is 1. The Morgan fingerprint density at radius 1 is 1.55 bits per heavy atom. The first-order valence-electron chi connectivity index (χ1n) is 3.87. The highest BCUT2D eigenvalue weighted by molar-refractivity contribution is 5.89. The fourth-order valence-corrected chi connectivity index (χ4v) is 1.09. The topological polar surface area (TPSA) is 38.3 Å². The number of Topliss-reactive ketones (excluding diaryl/α,β-unsaturated/α-hetero) is 1. The van der Waals surface area contributed by atoms with Crippen molar-refractivity contribution >= 4 is 5.78 Å². The Kier molecular flexibility index (Phi) is 2.30. The highest BCUT2D eigenvalue weighted by atomic mass is 16.5. The van der Waals surface area contributed by atoms with Crippen LogP contribution in [0.5, 0.6) is 0 Å². The lowest BCUT2D eigenvalue weighted by Gasteiger charge is -2.20. The normalized spacial score (nSPS) is 25.5. The van der Waals surface area contributed by atoms with E-state index in [9.17, 15) is 4.79 Å². The van der Waals surface area contributed by atoms with Gasteiger partial charge in [-0.3, -0.25) is 10.1 Å². The van der Waals surface area contributed by atoms with E-state index in [-0.39, 0.29) is 17.2 Å². The van der Waals surface area contributed by atoms with Crippen molar-refractivity contribution in [3.63, 3.8) is 0 Å². The number of ketones is 1. The number of carbonyl (C=O) groups is 1. The molecule has 64 valence electrons. The molecular formula is C8H15NO2. The second-order valence-corrected chi connectivity index (χ2v) is 3.89. The van der Waals surface area contributed by atoms with Crippen molar-refractivity contribution in [3.05, 3.63) is 0 Å². The Labute approximate surface area is 67.1 Å². The van der Waals surface area contributed by atoms with E-state index >= 15 is 0 Å². The van der Waals surface area contributed by atoms with E-state index < -0.39 is 0 Å². The first kappa shape index (κ1) is 8.68. The Bertz CT molecular complexity index is 154. The summed E-state index contributed by atoms with van der Waals surface area (Å²) < 4.78 is 5.04. The van der Waals surface area contributed by atoms with Gasteiger partial charge in [0, 0.05) is 5.41 Å². The third-order valence-electron chi connectivity index (χ3n) is 1.77. The van der Waals surface area contributed by atoms with Crippen molar-refractivity contribution in [2.24, 2.45) is 5.41 Å². The molecule has 1 fully saturated rings. The van der Waals surface area contributed by atoms with Gasteiger partial charge < -0.3 is 4.74 Å². The number of rotatable bonds is 1. The minimum absolute atomic E-state index is 0.0880. The predicted molar refractivity (Wildman–Crippen MR) is 42.2 cm³/mol. The van der Waals surface area contributed by atoms with E-state index in [4.69, 9.17) is 4.74 Å². The fourth-order valence-electron chi connectivity index (χ4n) is 1.09. The van der Waals surface area contributed by atoms with Crippen molar-refractivity contribution in [2.75, 3.05) is 13.3 Å². The van der Waals surface area contributed by atoms with Crippen LogP contribution in [-0.4, -0.2) is 25.2 Å². The van der Waals surface area contributed by atoms with Crippen molar-refractivity contribution < 1.29 is 9.53 Å². The second-order valence-electron chi connectivity index (χ2n) is 3.89. The molecule has 0 saturated carbocycles. The lowest BCUT2D eigenvalue weighted by atomic mass is 9.87. The van der Waals surface area contributed by atoms with Gasteiger partial charge in [-0.25, -0.2) is 0 Å². The molecule has 0 aromatic rings. The van der Waals surface area contributed by atoms with Crippen molar-refractivity contribution in [1.29, 1.82) is 0 Å². The number of nitrogens with one attached hydrogen (secondary N) is 1. The molecule has 0 bridgehead atoms. The zero-order valence-electron chi connectivity index (χ0n) is 7.31. The molecular weight excluding hydrogens is 142 g/mol. The average molecular weight is 157 g/mol. The quantitative estimate of drug-likeness (QED) is 0.604. The average Bonchev–Trinajstić information content (AvgIpc) is 2.34. The Morgan fingerprint density at radius 3 is 2.55 bits per heavy atom. The summed E-state index contributed by atoms with van der Waals surface area (Å²) in [6.07, 6.45) is 0. The van der Waals surface area contributed by atoms with E-state index in [2.05, 4.69) is 5.32 Å². The summed E-state index contributed by atoms with van der Waals surface area (Å²) in [5.41, 5.74) is -0.259. The molecule has 1 saturated heterocycles. The van der Waals surface area contributed by atoms with Crippen LogP contribution in [0.4, 0.5) is 0 Å². The maximum absolute atomic E-state index is 11.5. The molecule has 11 heavy (non-hydrogen) atoms. The van der Waals surface area contributed by atoms with Crippen LogP contribution in [0.3, 0.4) is 0 Å². The maximum Gasteiger partial charge on any atom is 0.157 e. The SMILES string of the molecule is CC(C)(C)C(=O)C1COCN1. The molecule has 1 N–H and O–H groups in total. The zero-order valence-corrected chi connectivity index (χ0v) is 7.31. The van der Waals surface area contributed by atoms with Gasteiger partial charge >= 0.3 is 0 Å². The minimum Gasteiger partial charge on any atom is -0.364 e. The molecule has 0 aromatic carbocycles. The first-order valence-corrected chi connectivity index (χ1v) is 3.87. The summed E-state index contributed by atoms with van der Waals surface area (Å²) in [5, 5.41) is 2.99. The van der Waals surface area contributed by atoms with E-state index in [1.165, 1.54) is 0 Å². The zero-order chi connectivity index (χ0) is 8.48. The van der Waals surface area contributed by atoms with Gasteiger partial charge in [0.05, 0.1) is 19.4 Å².